The number of thiophene rings is 2. The number of hydrogen-bond acceptors (Lipinski definition) is 3. The van der Waals surface area contributed by atoms with Gasteiger partial charge >= 0.3 is 0 Å². The minimum absolute atomic E-state index is 0.203. The molecule has 0 aliphatic heterocycles. The fourth-order valence-corrected chi connectivity index (χ4v) is 3.03. The Balaban J connectivity index is 1.76. The fraction of sp³-hybridized carbons (Fsp3) is 0.333. The van der Waals surface area contributed by atoms with Gasteiger partial charge < -0.3 is 5.11 Å². The van der Waals surface area contributed by atoms with Gasteiger partial charge in [-0.1, -0.05) is 12.1 Å². The summed E-state index contributed by atoms with van der Waals surface area (Å²) >= 11 is 3.48. The van der Waals surface area contributed by atoms with Gasteiger partial charge in [-0.3, -0.25) is 0 Å². The van der Waals surface area contributed by atoms with Crippen LogP contribution in [0.2, 0.25) is 0 Å². The Morgan fingerprint density at radius 3 is 2.33 bits per heavy atom. The van der Waals surface area contributed by atoms with Crippen molar-refractivity contribution in [3.63, 3.8) is 0 Å². The van der Waals surface area contributed by atoms with Crippen LogP contribution in [0.1, 0.15) is 16.2 Å². The van der Waals surface area contributed by atoms with Crippen molar-refractivity contribution in [3.05, 3.63) is 44.8 Å². The second-order valence-electron chi connectivity index (χ2n) is 3.56. The Bertz CT molecular complexity index is 364. The van der Waals surface area contributed by atoms with Crippen LogP contribution in [-0.2, 0) is 12.8 Å². The molecule has 0 fully saturated rings. The monoisotopic (exact) mass is 238 g/mol. The lowest BCUT2D eigenvalue weighted by Gasteiger charge is -2.07. The van der Waals surface area contributed by atoms with Crippen LogP contribution in [-0.4, -0.2) is 11.2 Å². The van der Waals surface area contributed by atoms with Gasteiger partial charge in [0, 0.05) is 16.2 Å². The van der Waals surface area contributed by atoms with Gasteiger partial charge in [0.2, 0.25) is 0 Å². The molecule has 1 N–H and O–H groups in total. The van der Waals surface area contributed by atoms with E-state index >= 15 is 0 Å². The van der Waals surface area contributed by atoms with Crippen LogP contribution in [0.25, 0.3) is 0 Å². The van der Waals surface area contributed by atoms with Crippen LogP contribution < -0.4 is 0 Å². The van der Waals surface area contributed by atoms with E-state index in [1.54, 1.807) is 22.7 Å². The molecule has 1 atom stereocenters. The van der Waals surface area contributed by atoms with Gasteiger partial charge in [-0.25, -0.2) is 0 Å². The van der Waals surface area contributed by atoms with Crippen LogP contribution in [0.15, 0.2) is 35.0 Å². The highest BCUT2D eigenvalue weighted by atomic mass is 32.1. The van der Waals surface area contributed by atoms with Crippen LogP contribution in [0.5, 0.6) is 0 Å². The number of hydrogen-bond donors (Lipinski definition) is 1. The molecule has 0 aliphatic rings. The normalized spacial score (nSPS) is 12.9. The molecule has 15 heavy (non-hydrogen) atoms. The lowest BCUT2D eigenvalue weighted by Crippen LogP contribution is -2.10. The van der Waals surface area contributed by atoms with Crippen LogP contribution in [0.4, 0.5) is 0 Å². The Morgan fingerprint density at radius 2 is 1.73 bits per heavy atom. The Kier molecular flexibility index (Phi) is 3.94. The molecule has 80 valence electrons. The largest absolute Gasteiger partial charge is 0.393 e. The van der Waals surface area contributed by atoms with E-state index in [-0.39, 0.29) is 6.10 Å². The summed E-state index contributed by atoms with van der Waals surface area (Å²) < 4.78 is 0. The van der Waals surface area contributed by atoms with Crippen molar-refractivity contribution in [1.82, 2.24) is 0 Å². The van der Waals surface area contributed by atoms with Gasteiger partial charge in [-0.15, -0.1) is 22.7 Å². The minimum Gasteiger partial charge on any atom is -0.393 e. The zero-order valence-electron chi connectivity index (χ0n) is 8.43. The van der Waals surface area contributed by atoms with E-state index in [9.17, 15) is 5.11 Å². The first-order valence-electron chi connectivity index (χ1n) is 5.07. The molecule has 0 aliphatic carbocycles. The van der Waals surface area contributed by atoms with Gasteiger partial charge in [-0.05, 0) is 35.7 Å². The van der Waals surface area contributed by atoms with Gasteiger partial charge in [0.25, 0.3) is 0 Å². The summed E-state index contributed by atoms with van der Waals surface area (Å²) in [6.07, 6.45) is 2.44. The molecular weight excluding hydrogens is 224 g/mol. The molecule has 0 bridgehead atoms. The van der Waals surface area contributed by atoms with Crippen molar-refractivity contribution in [3.8, 4) is 0 Å². The third-order valence-electron chi connectivity index (χ3n) is 2.32. The maximum Gasteiger partial charge on any atom is 0.0591 e. The van der Waals surface area contributed by atoms with E-state index in [1.807, 2.05) is 6.07 Å². The van der Waals surface area contributed by atoms with Gasteiger partial charge in [0.1, 0.15) is 0 Å². The first-order chi connectivity index (χ1) is 7.34. The smallest absolute Gasteiger partial charge is 0.0591 e. The van der Waals surface area contributed by atoms with Crippen molar-refractivity contribution >= 4 is 22.7 Å². The SMILES string of the molecule is OC(CCc1cccs1)Cc1cccs1. The summed E-state index contributed by atoms with van der Waals surface area (Å²) in [5.41, 5.74) is 0. The van der Waals surface area contributed by atoms with E-state index in [2.05, 4.69) is 29.0 Å². The second kappa shape index (κ2) is 5.45. The van der Waals surface area contributed by atoms with Crippen LogP contribution in [0, 0.1) is 0 Å². The average Bonchev–Trinajstić information content (AvgIpc) is 2.86. The topological polar surface area (TPSA) is 20.2 Å². The summed E-state index contributed by atoms with van der Waals surface area (Å²) in [5.74, 6) is 0. The molecular formula is C12H14OS2. The highest BCUT2D eigenvalue weighted by molar-refractivity contribution is 7.10. The molecule has 1 nitrogen and oxygen atoms in total. The lowest BCUT2D eigenvalue weighted by atomic mass is 10.1. The highest BCUT2D eigenvalue weighted by Gasteiger charge is 2.06. The molecule has 0 aromatic carbocycles. The van der Waals surface area contributed by atoms with Gasteiger partial charge in [-0.2, -0.15) is 0 Å². The molecule has 3 heteroatoms. The first kappa shape index (κ1) is 10.9. The molecule has 0 spiro atoms. The molecule has 1 unspecified atom stereocenters. The predicted molar refractivity (Wildman–Crippen MR) is 66.7 cm³/mol. The van der Waals surface area contributed by atoms with E-state index in [0.29, 0.717) is 0 Å². The summed E-state index contributed by atoms with van der Waals surface area (Å²) in [6, 6.07) is 8.30. The van der Waals surface area contributed by atoms with Crippen molar-refractivity contribution in [1.29, 1.82) is 0 Å². The highest BCUT2D eigenvalue weighted by Crippen LogP contribution is 2.16. The van der Waals surface area contributed by atoms with Crippen molar-refractivity contribution in [2.45, 2.75) is 25.4 Å². The van der Waals surface area contributed by atoms with E-state index in [0.717, 1.165) is 19.3 Å². The number of rotatable bonds is 5. The first-order valence-corrected chi connectivity index (χ1v) is 6.83. The van der Waals surface area contributed by atoms with Gasteiger partial charge in [0.15, 0.2) is 0 Å². The maximum atomic E-state index is 9.83. The number of aliphatic hydroxyl groups is 1. The predicted octanol–water partition coefficient (Wildman–Crippen LogP) is 3.35. The average molecular weight is 238 g/mol. The molecule has 2 aromatic rings. The summed E-state index contributed by atoms with van der Waals surface area (Å²) in [5, 5.41) is 14.0. The lowest BCUT2D eigenvalue weighted by molar-refractivity contribution is 0.166. The van der Waals surface area contributed by atoms with Gasteiger partial charge in [0.05, 0.1) is 6.10 Å². The standard InChI is InChI=1S/C12H14OS2/c13-10(9-12-4-2-8-15-12)5-6-11-3-1-7-14-11/h1-4,7-8,10,13H,5-6,9H2. The third-order valence-corrected chi connectivity index (χ3v) is 4.16. The van der Waals surface area contributed by atoms with Crippen LogP contribution in [0.3, 0.4) is 0 Å². The second-order valence-corrected chi connectivity index (χ2v) is 5.62. The fourth-order valence-electron chi connectivity index (χ4n) is 1.53. The molecule has 0 radical (unpaired) electrons. The van der Waals surface area contributed by atoms with Crippen molar-refractivity contribution in [2.75, 3.05) is 0 Å². The zero-order chi connectivity index (χ0) is 10.5. The summed E-state index contributed by atoms with van der Waals surface area (Å²) in [6.45, 7) is 0. The summed E-state index contributed by atoms with van der Waals surface area (Å²) in [4.78, 5) is 2.63. The van der Waals surface area contributed by atoms with E-state index in [1.165, 1.54) is 9.75 Å². The number of aryl methyl sites for hydroxylation is 1. The Labute approximate surface area is 98.0 Å². The van der Waals surface area contributed by atoms with Crippen LogP contribution >= 0.6 is 22.7 Å². The third kappa shape index (κ3) is 3.45. The van der Waals surface area contributed by atoms with Crippen molar-refractivity contribution < 1.29 is 5.11 Å². The molecule has 0 saturated carbocycles. The van der Waals surface area contributed by atoms with E-state index < -0.39 is 0 Å². The maximum absolute atomic E-state index is 9.83. The molecule has 0 saturated heterocycles. The quantitative estimate of drug-likeness (QED) is 0.847. The molecule has 2 heterocycles. The Hall–Kier alpha value is -0.640. The molecule has 2 rings (SSSR count). The molecule has 2 aromatic heterocycles. The Morgan fingerprint density at radius 1 is 1.07 bits per heavy atom. The van der Waals surface area contributed by atoms with Crippen molar-refractivity contribution in [2.24, 2.45) is 0 Å². The molecule has 0 amide bonds. The van der Waals surface area contributed by atoms with E-state index in [4.69, 9.17) is 0 Å². The zero-order valence-corrected chi connectivity index (χ0v) is 10.1. The number of aliphatic hydroxyl groups excluding tert-OH is 1. The summed E-state index contributed by atoms with van der Waals surface area (Å²) in [7, 11) is 0. The minimum atomic E-state index is -0.203.